The standard InChI is InChI=1S/C21H19N5O3/c1-13-9-19(25(2)23-13)22-20(27)11-26-16-6-4-3-5-15(16)21(24-26)14-7-8-17-18(10-14)29-12-28-17/h3-10H,11-12H2,1-2H3,(H,22,27). The zero-order valence-electron chi connectivity index (χ0n) is 16.0. The van der Waals surface area contributed by atoms with Gasteiger partial charge in [0.1, 0.15) is 18.1 Å². The van der Waals surface area contributed by atoms with Gasteiger partial charge in [0.15, 0.2) is 11.5 Å². The largest absolute Gasteiger partial charge is 0.454 e. The van der Waals surface area contributed by atoms with Gasteiger partial charge in [-0.3, -0.25) is 14.2 Å². The Bertz CT molecular complexity index is 1240. The fraction of sp³-hybridized carbons (Fsp3) is 0.190. The smallest absolute Gasteiger partial charge is 0.247 e. The first-order valence-corrected chi connectivity index (χ1v) is 9.24. The molecule has 5 rings (SSSR count). The number of fused-ring (bicyclic) bond motifs is 2. The molecule has 0 atom stereocenters. The molecule has 2 aromatic heterocycles. The number of aryl methyl sites for hydroxylation is 2. The number of carbonyl (C=O) groups excluding carboxylic acids is 1. The zero-order valence-corrected chi connectivity index (χ0v) is 16.0. The van der Waals surface area contributed by atoms with E-state index >= 15 is 0 Å². The van der Waals surface area contributed by atoms with Crippen molar-refractivity contribution in [2.75, 3.05) is 12.1 Å². The lowest BCUT2D eigenvalue weighted by Gasteiger charge is -2.06. The summed E-state index contributed by atoms with van der Waals surface area (Å²) >= 11 is 0. The van der Waals surface area contributed by atoms with Crippen LogP contribution in [0.4, 0.5) is 5.82 Å². The molecule has 0 bridgehead atoms. The van der Waals surface area contributed by atoms with Crippen molar-refractivity contribution in [1.82, 2.24) is 19.6 Å². The molecule has 1 aliphatic rings. The summed E-state index contributed by atoms with van der Waals surface area (Å²) in [5, 5.41) is 12.8. The van der Waals surface area contributed by atoms with Gasteiger partial charge >= 0.3 is 0 Å². The number of benzene rings is 2. The minimum atomic E-state index is -0.168. The molecule has 29 heavy (non-hydrogen) atoms. The van der Waals surface area contributed by atoms with E-state index in [1.54, 1.807) is 16.4 Å². The number of aromatic nitrogens is 4. The molecule has 1 aliphatic heterocycles. The van der Waals surface area contributed by atoms with Crippen molar-refractivity contribution in [3.05, 3.63) is 54.2 Å². The summed E-state index contributed by atoms with van der Waals surface area (Å²) in [6, 6.07) is 15.4. The summed E-state index contributed by atoms with van der Waals surface area (Å²) in [7, 11) is 1.80. The highest BCUT2D eigenvalue weighted by Gasteiger charge is 2.19. The molecule has 4 aromatic rings. The van der Waals surface area contributed by atoms with Crippen LogP contribution in [0.2, 0.25) is 0 Å². The highest BCUT2D eigenvalue weighted by Crippen LogP contribution is 2.37. The van der Waals surface area contributed by atoms with Crippen LogP contribution in [-0.4, -0.2) is 32.3 Å². The van der Waals surface area contributed by atoms with E-state index in [0.717, 1.165) is 33.6 Å². The van der Waals surface area contributed by atoms with Gasteiger partial charge in [0.05, 0.1) is 11.2 Å². The van der Waals surface area contributed by atoms with E-state index < -0.39 is 0 Å². The summed E-state index contributed by atoms with van der Waals surface area (Å²) in [5.74, 6) is 1.91. The van der Waals surface area contributed by atoms with Crippen LogP contribution in [0.3, 0.4) is 0 Å². The van der Waals surface area contributed by atoms with E-state index in [-0.39, 0.29) is 19.2 Å². The summed E-state index contributed by atoms with van der Waals surface area (Å²) in [6.07, 6.45) is 0. The minimum Gasteiger partial charge on any atom is -0.454 e. The number of hydrogen-bond donors (Lipinski definition) is 1. The first-order chi connectivity index (χ1) is 14.1. The molecule has 0 aliphatic carbocycles. The van der Waals surface area contributed by atoms with Crippen molar-refractivity contribution in [2.24, 2.45) is 7.05 Å². The fourth-order valence-electron chi connectivity index (χ4n) is 3.55. The molecule has 0 saturated carbocycles. The molecule has 0 spiro atoms. The topological polar surface area (TPSA) is 83.2 Å². The molecule has 0 radical (unpaired) electrons. The molecule has 146 valence electrons. The van der Waals surface area contributed by atoms with E-state index in [0.29, 0.717) is 11.6 Å². The molecular weight excluding hydrogens is 370 g/mol. The van der Waals surface area contributed by atoms with Crippen molar-refractivity contribution in [3.8, 4) is 22.8 Å². The molecule has 0 unspecified atom stereocenters. The first kappa shape index (κ1) is 17.3. The molecule has 1 N–H and O–H groups in total. The minimum absolute atomic E-state index is 0.0926. The number of rotatable bonds is 4. The Morgan fingerprint density at radius 3 is 2.76 bits per heavy atom. The Balaban J connectivity index is 1.49. The number of nitrogens with zero attached hydrogens (tertiary/aromatic N) is 4. The van der Waals surface area contributed by atoms with E-state index in [1.807, 2.05) is 55.5 Å². The van der Waals surface area contributed by atoms with Crippen LogP contribution in [0.15, 0.2) is 48.5 Å². The van der Waals surface area contributed by atoms with Gasteiger partial charge in [-0.15, -0.1) is 0 Å². The second-order valence-corrected chi connectivity index (χ2v) is 6.93. The monoisotopic (exact) mass is 389 g/mol. The third-order valence-electron chi connectivity index (χ3n) is 4.87. The van der Waals surface area contributed by atoms with Crippen LogP contribution in [0.25, 0.3) is 22.2 Å². The molecule has 8 heteroatoms. The lowest BCUT2D eigenvalue weighted by atomic mass is 10.1. The molecule has 8 nitrogen and oxygen atoms in total. The predicted molar refractivity (Wildman–Crippen MR) is 108 cm³/mol. The van der Waals surface area contributed by atoms with Crippen molar-refractivity contribution < 1.29 is 14.3 Å². The van der Waals surface area contributed by atoms with Crippen LogP contribution in [-0.2, 0) is 18.4 Å². The second-order valence-electron chi connectivity index (χ2n) is 6.93. The fourth-order valence-corrected chi connectivity index (χ4v) is 3.55. The number of nitrogens with one attached hydrogen (secondary N) is 1. The number of carbonyl (C=O) groups is 1. The van der Waals surface area contributed by atoms with Gasteiger partial charge in [-0.2, -0.15) is 10.2 Å². The predicted octanol–water partition coefficient (Wildman–Crippen LogP) is 3.11. The maximum atomic E-state index is 12.6. The number of anilines is 1. The van der Waals surface area contributed by atoms with Gasteiger partial charge in [-0.05, 0) is 31.2 Å². The first-order valence-electron chi connectivity index (χ1n) is 9.24. The number of hydrogen-bond acceptors (Lipinski definition) is 5. The van der Waals surface area contributed by atoms with Crippen molar-refractivity contribution in [2.45, 2.75) is 13.5 Å². The number of ether oxygens (including phenoxy) is 2. The molecule has 0 saturated heterocycles. The normalized spacial score (nSPS) is 12.5. The van der Waals surface area contributed by atoms with Gasteiger partial charge in [0.2, 0.25) is 12.7 Å². The van der Waals surface area contributed by atoms with Crippen LogP contribution in [0.1, 0.15) is 5.69 Å². The van der Waals surface area contributed by atoms with Crippen LogP contribution < -0.4 is 14.8 Å². The quantitative estimate of drug-likeness (QED) is 0.580. The summed E-state index contributed by atoms with van der Waals surface area (Å²) in [4.78, 5) is 12.6. The average Bonchev–Trinajstić information content (AvgIpc) is 3.39. The molecule has 3 heterocycles. The van der Waals surface area contributed by atoms with Crippen molar-refractivity contribution in [1.29, 1.82) is 0 Å². The van der Waals surface area contributed by atoms with Gasteiger partial charge in [-0.1, -0.05) is 18.2 Å². The van der Waals surface area contributed by atoms with Gasteiger partial charge in [0, 0.05) is 24.1 Å². The zero-order chi connectivity index (χ0) is 20.0. The third-order valence-corrected chi connectivity index (χ3v) is 4.87. The van der Waals surface area contributed by atoms with Gasteiger partial charge < -0.3 is 14.8 Å². The molecule has 1 amide bonds. The van der Waals surface area contributed by atoms with E-state index in [4.69, 9.17) is 14.6 Å². The highest BCUT2D eigenvalue weighted by molar-refractivity contribution is 5.96. The van der Waals surface area contributed by atoms with Gasteiger partial charge in [-0.25, -0.2) is 0 Å². The maximum Gasteiger partial charge on any atom is 0.247 e. The highest BCUT2D eigenvalue weighted by atomic mass is 16.7. The lowest BCUT2D eigenvalue weighted by Crippen LogP contribution is -2.21. The Labute approximate surface area is 166 Å². The van der Waals surface area contributed by atoms with Crippen LogP contribution in [0, 0.1) is 6.92 Å². The van der Waals surface area contributed by atoms with E-state index in [1.165, 1.54) is 0 Å². The number of para-hydroxylation sites is 1. The molecule has 2 aromatic carbocycles. The van der Waals surface area contributed by atoms with Crippen molar-refractivity contribution >= 4 is 22.6 Å². The Hall–Kier alpha value is -3.81. The van der Waals surface area contributed by atoms with E-state index in [2.05, 4.69) is 10.4 Å². The number of amides is 1. The second kappa shape index (κ2) is 6.66. The Kier molecular flexibility index (Phi) is 3.97. The summed E-state index contributed by atoms with van der Waals surface area (Å²) in [6.45, 7) is 2.20. The Morgan fingerprint density at radius 1 is 1.10 bits per heavy atom. The third kappa shape index (κ3) is 3.08. The van der Waals surface area contributed by atoms with Crippen molar-refractivity contribution in [3.63, 3.8) is 0 Å². The van der Waals surface area contributed by atoms with Gasteiger partial charge in [0.25, 0.3) is 0 Å². The molecule has 0 fully saturated rings. The molecular formula is C21H19N5O3. The SMILES string of the molecule is Cc1cc(NC(=O)Cn2nc(-c3ccc4c(c3)OCO4)c3ccccc32)n(C)n1. The maximum absolute atomic E-state index is 12.6. The van der Waals surface area contributed by atoms with Crippen LogP contribution >= 0.6 is 0 Å². The summed E-state index contributed by atoms with van der Waals surface area (Å²) < 4.78 is 14.3. The van der Waals surface area contributed by atoms with E-state index in [9.17, 15) is 4.79 Å². The lowest BCUT2D eigenvalue weighted by molar-refractivity contribution is -0.116. The summed E-state index contributed by atoms with van der Waals surface area (Å²) in [5.41, 5.74) is 3.43. The Morgan fingerprint density at radius 2 is 1.93 bits per heavy atom. The van der Waals surface area contributed by atoms with Crippen LogP contribution in [0.5, 0.6) is 11.5 Å². The average molecular weight is 389 g/mol.